The molecule has 0 aliphatic rings. The molecule has 0 radical (unpaired) electrons. The zero-order valence-corrected chi connectivity index (χ0v) is 10.5. The Kier molecular flexibility index (Phi) is 4.26. The predicted octanol–water partition coefficient (Wildman–Crippen LogP) is 3.54. The van der Waals surface area contributed by atoms with E-state index >= 15 is 0 Å². The van der Waals surface area contributed by atoms with Gasteiger partial charge in [-0.05, 0) is 19.1 Å². The molecule has 0 fully saturated rings. The second kappa shape index (κ2) is 6.11. The average molecular weight is 259 g/mol. The lowest BCUT2D eigenvalue weighted by Crippen LogP contribution is -1.97. The summed E-state index contributed by atoms with van der Waals surface area (Å²) >= 11 is 0. The molecule has 0 atom stereocenters. The number of benzene rings is 1. The van der Waals surface area contributed by atoms with Gasteiger partial charge in [0, 0.05) is 11.1 Å². The summed E-state index contributed by atoms with van der Waals surface area (Å²) in [5, 5.41) is 9.19. The molecule has 0 spiro atoms. The van der Waals surface area contributed by atoms with E-state index in [1.807, 2.05) is 37.3 Å². The number of halogens is 1. The monoisotopic (exact) mass is 259 g/mol. The first-order valence-electron chi connectivity index (χ1n) is 5.89. The number of nitrogens with zero attached hydrogens (tertiary/aromatic N) is 1. The maximum absolute atomic E-state index is 13.0. The van der Waals surface area contributed by atoms with Gasteiger partial charge in [0.25, 0.3) is 0 Å². The molecule has 0 unspecified atom stereocenters. The number of aromatic nitrogens is 1. The molecule has 1 aromatic carbocycles. The van der Waals surface area contributed by atoms with Crippen LogP contribution in [0.15, 0.2) is 42.6 Å². The van der Waals surface area contributed by atoms with Crippen molar-refractivity contribution in [2.75, 3.05) is 0 Å². The van der Waals surface area contributed by atoms with Crippen LogP contribution in [0.3, 0.4) is 0 Å². The zero-order valence-electron chi connectivity index (χ0n) is 10.5. The van der Waals surface area contributed by atoms with Crippen molar-refractivity contribution in [3.63, 3.8) is 0 Å². The summed E-state index contributed by atoms with van der Waals surface area (Å²) in [4.78, 5) is 3.86. The summed E-state index contributed by atoms with van der Waals surface area (Å²) in [5.74, 6) is 0.313. The fourth-order valence-electron chi connectivity index (χ4n) is 1.67. The number of ether oxygens (including phenoxy) is 1. The third-order valence-electron chi connectivity index (χ3n) is 2.53. The van der Waals surface area contributed by atoms with Gasteiger partial charge in [-0.25, -0.2) is 9.37 Å². The van der Waals surface area contributed by atoms with Gasteiger partial charge in [0.05, 0.1) is 12.8 Å². The molecule has 3 nitrogen and oxygen atoms in total. The lowest BCUT2D eigenvalue weighted by molar-refractivity contribution is 0.274. The number of aliphatic hydroxyl groups excluding tert-OH is 1. The molecule has 0 aliphatic carbocycles. The first-order valence-corrected chi connectivity index (χ1v) is 5.89. The molecule has 98 valence electrons. The van der Waals surface area contributed by atoms with Crippen LogP contribution in [0, 0.1) is 5.82 Å². The average Bonchev–Trinajstić information content (AvgIpc) is 2.43. The molecule has 0 saturated carbocycles. The van der Waals surface area contributed by atoms with Gasteiger partial charge in [0.1, 0.15) is 11.6 Å². The van der Waals surface area contributed by atoms with Crippen molar-refractivity contribution in [3.8, 4) is 11.6 Å². The first-order chi connectivity index (χ1) is 9.24. The highest BCUT2D eigenvalue weighted by Crippen LogP contribution is 2.27. The minimum atomic E-state index is -0.502. The molecule has 0 bridgehead atoms. The lowest BCUT2D eigenvalue weighted by atomic mass is 10.2. The van der Waals surface area contributed by atoms with Crippen LogP contribution in [0.25, 0.3) is 6.08 Å². The van der Waals surface area contributed by atoms with Crippen molar-refractivity contribution in [3.05, 3.63) is 59.5 Å². The van der Waals surface area contributed by atoms with Crippen LogP contribution >= 0.6 is 0 Å². The number of hydrogen-bond donors (Lipinski definition) is 1. The summed E-state index contributed by atoms with van der Waals surface area (Å²) in [6, 6.07) is 8.64. The molecule has 0 amide bonds. The minimum absolute atomic E-state index is 0.209. The zero-order chi connectivity index (χ0) is 13.7. The number of allylic oxidation sites excluding steroid dienone is 1. The molecule has 4 heteroatoms. The summed E-state index contributed by atoms with van der Waals surface area (Å²) < 4.78 is 18.7. The summed E-state index contributed by atoms with van der Waals surface area (Å²) in [5.41, 5.74) is 1.20. The van der Waals surface area contributed by atoms with Crippen molar-refractivity contribution in [2.24, 2.45) is 0 Å². The van der Waals surface area contributed by atoms with E-state index in [0.29, 0.717) is 11.3 Å². The quantitative estimate of drug-likeness (QED) is 0.913. The van der Waals surface area contributed by atoms with Crippen LogP contribution < -0.4 is 4.74 Å². The largest absolute Gasteiger partial charge is 0.438 e. The summed E-state index contributed by atoms with van der Waals surface area (Å²) in [7, 11) is 0. The smallest absolute Gasteiger partial charge is 0.224 e. The summed E-state index contributed by atoms with van der Waals surface area (Å²) in [6.07, 6.45) is 4.86. The van der Waals surface area contributed by atoms with Gasteiger partial charge in [-0.15, -0.1) is 0 Å². The van der Waals surface area contributed by atoms with Crippen LogP contribution in [0.1, 0.15) is 18.1 Å². The Morgan fingerprint density at radius 3 is 2.89 bits per heavy atom. The molecule has 2 rings (SSSR count). The van der Waals surface area contributed by atoms with E-state index in [1.54, 1.807) is 6.07 Å². The molecule has 0 saturated heterocycles. The Bertz CT molecular complexity index is 596. The van der Waals surface area contributed by atoms with Gasteiger partial charge in [0.15, 0.2) is 0 Å². The van der Waals surface area contributed by atoms with E-state index < -0.39 is 5.82 Å². The third kappa shape index (κ3) is 3.17. The van der Waals surface area contributed by atoms with E-state index in [4.69, 9.17) is 4.74 Å². The van der Waals surface area contributed by atoms with Gasteiger partial charge in [-0.3, -0.25) is 0 Å². The number of hydrogen-bond acceptors (Lipinski definition) is 3. The fourth-order valence-corrected chi connectivity index (χ4v) is 1.67. The lowest BCUT2D eigenvalue weighted by Gasteiger charge is -2.10. The molecular formula is C15H14FNO2. The first kappa shape index (κ1) is 13.2. The number of aliphatic hydroxyl groups is 1. The molecule has 2 aromatic rings. The van der Waals surface area contributed by atoms with Gasteiger partial charge < -0.3 is 9.84 Å². The van der Waals surface area contributed by atoms with E-state index in [9.17, 15) is 9.50 Å². The Labute approximate surface area is 111 Å². The molecule has 1 aromatic heterocycles. The maximum atomic E-state index is 13.0. The number of para-hydroxylation sites is 1. The second-order valence-corrected chi connectivity index (χ2v) is 3.92. The highest BCUT2D eigenvalue weighted by molar-refractivity contribution is 5.57. The molecule has 0 aliphatic heterocycles. The molecule has 19 heavy (non-hydrogen) atoms. The number of pyridine rings is 1. The maximum Gasteiger partial charge on any atom is 0.224 e. The van der Waals surface area contributed by atoms with Crippen molar-refractivity contribution in [2.45, 2.75) is 13.5 Å². The van der Waals surface area contributed by atoms with Crippen LogP contribution in [0.5, 0.6) is 11.6 Å². The van der Waals surface area contributed by atoms with Gasteiger partial charge in [0.2, 0.25) is 5.88 Å². The molecule has 1 heterocycles. The number of rotatable bonds is 4. The Morgan fingerprint density at radius 2 is 2.16 bits per heavy atom. The Morgan fingerprint density at radius 1 is 1.37 bits per heavy atom. The standard InChI is InChI=1S/C15H14FNO2/c1-2-5-11-6-3-4-7-14(11)19-15-12(10-18)8-13(16)9-17-15/h2-9,18H,10H2,1H3/b5-2+. The minimum Gasteiger partial charge on any atom is -0.438 e. The van der Waals surface area contributed by atoms with E-state index in [1.165, 1.54) is 6.07 Å². The van der Waals surface area contributed by atoms with Gasteiger partial charge in [-0.2, -0.15) is 0 Å². The van der Waals surface area contributed by atoms with E-state index in [0.717, 1.165) is 11.8 Å². The van der Waals surface area contributed by atoms with Gasteiger partial charge in [-0.1, -0.05) is 30.4 Å². The normalized spacial score (nSPS) is 10.9. The Hall–Kier alpha value is -2.20. The van der Waals surface area contributed by atoms with Crippen LogP contribution in [-0.4, -0.2) is 10.1 Å². The van der Waals surface area contributed by atoms with E-state index in [2.05, 4.69) is 4.98 Å². The van der Waals surface area contributed by atoms with Crippen molar-refractivity contribution in [1.82, 2.24) is 4.98 Å². The fraction of sp³-hybridized carbons (Fsp3) is 0.133. The predicted molar refractivity (Wildman–Crippen MR) is 71.3 cm³/mol. The SMILES string of the molecule is C/C=C/c1ccccc1Oc1ncc(F)cc1CO. The van der Waals surface area contributed by atoms with Crippen molar-refractivity contribution < 1.29 is 14.2 Å². The second-order valence-electron chi connectivity index (χ2n) is 3.92. The third-order valence-corrected chi connectivity index (χ3v) is 2.53. The molecular weight excluding hydrogens is 245 g/mol. The Balaban J connectivity index is 2.36. The van der Waals surface area contributed by atoms with Crippen molar-refractivity contribution >= 4 is 6.08 Å². The van der Waals surface area contributed by atoms with Crippen LogP contribution in [0.4, 0.5) is 4.39 Å². The van der Waals surface area contributed by atoms with Gasteiger partial charge >= 0.3 is 0 Å². The van der Waals surface area contributed by atoms with Crippen LogP contribution in [-0.2, 0) is 6.61 Å². The van der Waals surface area contributed by atoms with Crippen molar-refractivity contribution in [1.29, 1.82) is 0 Å². The van der Waals surface area contributed by atoms with Crippen LogP contribution in [0.2, 0.25) is 0 Å². The highest BCUT2D eigenvalue weighted by Gasteiger charge is 2.09. The highest BCUT2D eigenvalue weighted by atomic mass is 19.1. The topological polar surface area (TPSA) is 42.4 Å². The molecule has 1 N–H and O–H groups in total. The summed E-state index contributed by atoms with van der Waals surface area (Å²) in [6.45, 7) is 1.58. The van der Waals surface area contributed by atoms with E-state index in [-0.39, 0.29) is 12.5 Å².